The second-order valence-electron chi connectivity index (χ2n) is 4.85. The Hall–Kier alpha value is -2.89. The van der Waals surface area contributed by atoms with Crippen molar-refractivity contribution in [3.63, 3.8) is 0 Å². The molecular weight excluding hydrogens is 266 g/mol. The van der Waals surface area contributed by atoms with Crippen LogP contribution in [0.4, 0.5) is 11.4 Å². The summed E-state index contributed by atoms with van der Waals surface area (Å²) in [6.07, 6.45) is 1.61. The van der Waals surface area contributed by atoms with E-state index >= 15 is 0 Å². The van der Waals surface area contributed by atoms with Gasteiger partial charge in [-0.15, -0.1) is 0 Å². The first-order valence-electron chi connectivity index (χ1n) is 6.51. The molecule has 1 aromatic carbocycles. The van der Waals surface area contributed by atoms with E-state index in [1.165, 1.54) is 0 Å². The molecule has 2 heterocycles. The summed E-state index contributed by atoms with van der Waals surface area (Å²) in [6, 6.07) is 8.81. The van der Waals surface area contributed by atoms with Crippen LogP contribution in [0.15, 0.2) is 36.5 Å². The van der Waals surface area contributed by atoms with E-state index in [0.29, 0.717) is 16.9 Å². The zero-order valence-electron chi connectivity index (χ0n) is 11.8. The number of para-hydroxylation sites is 1. The molecule has 6 heteroatoms. The fraction of sp³-hybridized carbons (Fsp3) is 0.133. The van der Waals surface area contributed by atoms with Gasteiger partial charge in [-0.2, -0.15) is 5.10 Å². The summed E-state index contributed by atoms with van der Waals surface area (Å²) in [6.45, 7) is 1.91. The Balaban J connectivity index is 1.93. The number of nitrogens with zero attached hydrogens (tertiary/aromatic N) is 3. The van der Waals surface area contributed by atoms with Gasteiger partial charge in [-0.25, -0.2) is 4.98 Å². The molecule has 3 rings (SSSR count). The molecule has 0 aliphatic heterocycles. The van der Waals surface area contributed by atoms with Gasteiger partial charge in [0.25, 0.3) is 5.91 Å². The van der Waals surface area contributed by atoms with Crippen LogP contribution in [-0.2, 0) is 7.05 Å². The number of rotatable bonds is 2. The molecule has 106 valence electrons. The van der Waals surface area contributed by atoms with E-state index in [1.807, 2.05) is 20.0 Å². The van der Waals surface area contributed by atoms with E-state index in [2.05, 4.69) is 15.4 Å². The van der Waals surface area contributed by atoms with E-state index < -0.39 is 0 Å². The number of pyridine rings is 1. The van der Waals surface area contributed by atoms with Gasteiger partial charge < -0.3 is 11.1 Å². The third kappa shape index (κ3) is 2.31. The number of nitrogens with one attached hydrogen (secondary N) is 1. The number of nitrogens with two attached hydrogens (primary N) is 1. The highest BCUT2D eigenvalue weighted by molar-refractivity contribution is 6.08. The minimum Gasteiger partial charge on any atom is -0.398 e. The SMILES string of the molecule is Cc1nn(C)c2ncc(NC(=O)c3ccccc3N)cc12. The fourth-order valence-electron chi connectivity index (χ4n) is 2.28. The largest absolute Gasteiger partial charge is 0.398 e. The maximum Gasteiger partial charge on any atom is 0.257 e. The fourth-order valence-corrected chi connectivity index (χ4v) is 2.28. The molecule has 0 saturated heterocycles. The molecule has 3 N–H and O–H groups in total. The number of aromatic nitrogens is 3. The van der Waals surface area contributed by atoms with Crippen LogP contribution in [0.1, 0.15) is 16.1 Å². The summed E-state index contributed by atoms with van der Waals surface area (Å²) in [7, 11) is 1.84. The lowest BCUT2D eigenvalue weighted by molar-refractivity contribution is 0.102. The molecule has 3 aromatic rings. The van der Waals surface area contributed by atoms with Crippen LogP contribution in [-0.4, -0.2) is 20.7 Å². The second kappa shape index (κ2) is 4.90. The third-order valence-corrected chi connectivity index (χ3v) is 3.33. The average molecular weight is 281 g/mol. The molecule has 0 radical (unpaired) electrons. The Kier molecular flexibility index (Phi) is 3.06. The lowest BCUT2D eigenvalue weighted by atomic mass is 10.1. The van der Waals surface area contributed by atoms with Crippen molar-refractivity contribution in [3.05, 3.63) is 47.8 Å². The number of carbonyl (C=O) groups excluding carboxylic acids is 1. The smallest absolute Gasteiger partial charge is 0.257 e. The topological polar surface area (TPSA) is 85.8 Å². The number of anilines is 2. The lowest BCUT2D eigenvalue weighted by Gasteiger charge is -2.07. The summed E-state index contributed by atoms with van der Waals surface area (Å²) in [4.78, 5) is 16.5. The van der Waals surface area contributed by atoms with Crippen molar-refractivity contribution in [2.45, 2.75) is 6.92 Å². The molecule has 0 saturated carbocycles. The van der Waals surface area contributed by atoms with Crippen LogP contribution < -0.4 is 11.1 Å². The summed E-state index contributed by atoms with van der Waals surface area (Å²) in [5.41, 5.74) is 8.96. The Morgan fingerprint density at radius 2 is 2.10 bits per heavy atom. The number of amides is 1. The quantitative estimate of drug-likeness (QED) is 0.704. The molecule has 0 fully saturated rings. The lowest BCUT2D eigenvalue weighted by Crippen LogP contribution is -2.14. The van der Waals surface area contributed by atoms with Gasteiger partial charge in [0.2, 0.25) is 0 Å². The van der Waals surface area contributed by atoms with E-state index in [9.17, 15) is 4.79 Å². The Labute approximate surface area is 121 Å². The first-order chi connectivity index (χ1) is 10.1. The summed E-state index contributed by atoms with van der Waals surface area (Å²) >= 11 is 0. The highest BCUT2D eigenvalue weighted by Gasteiger charge is 2.11. The highest BCUT2D eigenvalue weighted by atomic mass is 16.1. The summed E-state index contributed by atoms with van der Waals surface area (Å²) in [5.74, 6) is -0.254. The minimum atomic E-state index is -0.254. The van der Waals surface area contributed by atoms with Gasteiger partial charge in [0.15, 0.2) is 5.65 Å². The highest BCUT2D eigenvalue weighted by Crippen LogP contribution is 2.20. The van der Waals surface area contributed by atoms with E-state index in [-0.39, 0.29) is 5.91 Å². The van der Waals surface area contributed by atoms with Gasteiger partial charge in [-0.3, -0.25) is 9.48 Å². The second-order valence-corrected chi connectivity index (χ2v) is 4.85. The molecule has 21 heavy (non-hydrogen) atoms. The third-order valence-electron chi connectivity index (χ3n) is 3.33. The van der Waals surface area contributed by atoms with Crippen LogP contribution in [0.5, 0.6) is 0 Å². The molecular formula is C15H15N5O. The predicted octanol–water partition coefficient (Wildman–Crippen LogP) is 2.11. The molecule has 0 bridgehead atoms. The molecule has 0 unspecified atom stereocenters. The summed E-state index contributed by atoms with van der Waals surface area (Å²) in [5, 5.41) is 8.03. The molecule has 0 atom stereocenters. The van der Waals surface area contributed by atoms with Gasteiger partial charge in [0.05, 0.1) is 23.1 Å². The van der Waals surface area contributed by atoms with Crippen molar-refractivity contribution in [1.29, 1.82) is 0 Å². The maximum absolute atomic E-state index is 12.2. The Morgan fingerprint density at radius 1 is 1.33 bits per heavy atom. The standard InChI is InChI=1S/C15H15N5O/c1-9-12-7-10(8-17-14(12)20(2)19-9)18-15(21)11-5-3-4-6-13(11)16/h3-8H,16H2,1-2H3,(H,18,21). The van der Waals surface area contributed by atoms with Crippen molar-refractivity contribution in [1.82, 2.24) is 14.8 Å². The monoisotopic (exact) mass is 281 g/mol. The van der Waals surface area contributed by atoms with Crippen LogP contribution in [0.3, 0.4) is 0 Å². The number of hydrogen-bond acceptors (Lipinski definition) is 4. The molecule has 6 nitrogen and oxygen atoms in total. The predicted molar refractivity (Wildman–Crippen MR) is 82.1 cm³/mol. The summed E-state index contributed by atoms with van der Waals surface area (Å²) < 4.78 is 1.71. The molecule has 1 amide bonds. The number of fused-ring (bicyclic) bond motifs is 1. The zero-order chi connectivity index (χ0) is 15.0. The van der Waals surface area contributed by atoms with Crippen LogP contribution in [0.2, 0.25) is 0 Å². The molecule has 0 aliphatic carbocycles. The van der Waals surface area contributed by atoms with Gasteiger partial charge in [0.1, 0.15) is 0 Å². The van der Waals surface area contributed by atoms with E-state index in [4.69, 9.17) is 5.73 Å². The van der Waals surface area contributed by atoms with Gasteiger partial charge >= 0.3 is 0 Å². The zero-order valence-corrected chi connectivity index (χ0v) is 11.8. The number of benzene rings is 1. The van der Waals surface area contributed by atoms with Crippen LogP contribution >= 0.6 is 0 Å². The van der Waals surface area contributed by atoms with E-state index in [0.717, 1.165) is 16.7 Å². The normalized spacial score (nSPS) is 10.8. The van der Waals surface area contributed by atoms with Crippen molar-refractivity contribution in [2.75, 3.05) is 11.1 Å². The molecule has 0 aliphatic rings. The maximum atomic E-state index is 12.2. The average Bonchev–Trinajstić information content (AvgIpc) is 2.74. The van der Waals surface area contributed by atoms with Crippen molar-refractivity contribution in [2.24, 2.45) is 7.05 Å². The van der Waals surface area contributed by atoms with Crippen molar-refractivity contribution < 1.29 is 4.79 Å². The number of nitrogen functional groups attached to an aromatic ring is 1. The Bertz CT molecular complexity index is 837. The number of aryl methyl sites for hydroxylation is 2. The van der Waals surface area contributed by atoms with E-state index in [1.54, 1.807) is 35.1 Å². The number of carbonyl (C=O) groups is 1. The van der Waals surface area contributed by atoms with Gasteiger partial charge in [-0.1, -0.05) is 12.1 Å². The Morgan fingerprint density at radius 3 is 2.86 bits per heavy atom. The first-order valence-corrected chi connectivity index (χ1v) is 6.51. The minimum absolute atomic E-state index is 0.254. The molecule has 0 spiro atoms. The molecule has 2 aromatic heterocycles. The van der Waals surface area contributed by atoms with Crippen LogP contribution in [0, 0.1) is 6.92 Å². The van der Waals surface area contributed by atoms with Crippen LogP contribution in [0.25, 0.3) is 11.0 Å². The first kappa shape index (κ1) is 13.1. The van der Waals surface area contributed by atoms with Gasteiger partial charge in [0, 0.05) is 18.1 Å². The van der Waals surface area contributed by atoms with Gasteiger partial charge in [-0.05, 0) is 25.1 Å². The van der Waals surface area contributed by atoms with Crippen molar-refractivity contribution in [3.8, 4) is 0 Å². The van der Waals surface area contributed by atoms with Crippen molar-refractivity contribution >= 4 is 28.3 Å². The number of hydrogen-bond donors (Lipinski definition) is 2.